The van der Waals surface area contributed by atoms with E-state index in [1.165, 1.54) is 17.9 Å². The van der Waals surface area contributed by atoms with Crippen molar-refractivity contribution in [2.45, 2.75) is 38.6 Å². The van der Waals surface area contributed by atoms with Gasteiger partial charge in [0.15, 0.2) is 5.78 Å². The Bertz CT molecular complexity index is 605. The third-order valence-corrected chi connectivity index (χ3v) is 4.35. The number of aromatic nitrogens is 1. The normalized spacial score (nSPS) is 21.6. The van der Waals surface area contributed by atoms with Crippen molar-refractivity contribution in [1.29, 1.82) is 0 Å². The fourth-order valence-electron chi connectivity index (χ4n) is 3.02. The summed E-state index contributed by atoms with van der Waals surface area (Å²) >= 11 is 0. The third kappa shape index (κ3) is 2.34. The largest absolute Gasteiger partial charge is 0.479 e. The van der Waals surface area contributed by atoms with E-state index in [9.17, 15) is 19.5 Å². The van der Waals surface area contributed by atoms with E-state index in [0.29, 0.717) is 37.1 Å². The van der Waals surface area contributed by atoms with Gasteiger partial charge in [-0.25, -0.2) is 4.79 Å². The van der Waals surface area contributed by atoms with Crippen LogP contribution in [-0.2, 0) is 11.8 Å². The van der Waals surface area contributed by atoms with Crippen LogP contribution in [0.15, 0.2) is 12.3 Å². The number of amides is 1. The summed E-state index contributed by atoms with van der Waals surface area (Å²) in [5.41, 5.74) is -0.323. The van der Waals surface area contributed by atoms with Gasteiger partial charge in [0.25, 0.3) is 5.91 Å². The molecule has 0 bridgehead atoms. The molecule has 6 heteroatoms. The highest BCUT2D eigenvalue weighted by Crippen LogP contribution is 2.34. The summed E-state index contributed by atoms with van der Waals surface area (Å²) in [6, 6.07) is 1.53. The molecule has 1 amide bonds. The molecule has 1 N–H and O–H groups in total. The standard InChI is InChI=1S/C15H20N2O4/c1-4-15(14(20)21)6-5-7-17(15)13(19)12-8-11(10(2)18)9-16(12)3/h8-9H,4-7H2,1-3H3,(H,20,21). The van der Waals surface area contributed by atoms with Crippen LogP contribution >= 0.6 is 0 Å². The molecule has 2 rings (SSSR count). The first kappa shape index (κ1) is 15.3. The maximum atomic E-state index is 12.7. The fraction of sp³-hybridized carbons (Fsp3) is 0.533. The smallest absolute Gasteiger partial charge is 0.329 e. The van der Waals surface area contributed by atoms with Gasteiger partial charge in [-0.05, 0) is 32.3 Å². The Morgan fingerprint density at radius 2 is 2.05 bits per heavy atom. The van der Waals surface area contributed by atoms with Gasteiger partial charge in [-0.3, -0.25) is 9.59 Å². The fourth-order valence-corrected chi connectivity index (χ4v) is 3.02. The lowest BCUT2D eigenvalue weighted by molar-refractivity contribution is -0.148. The van der Waals surface area contributed by atoms with E-state index in [4.69, 9.17) is 0 Å². The van der Waals surface area contributed by atoms with E-state index < -0.39 is 11.5 Å². The van der Waals surface area contributed by atoms with Crippen LogP contribution in [0.25, 0.3) is 0 Å². The summed E-state index contributed by atoms with van der Waals surface area (Å²) in [6.07, 6.45) is 3.11. The van der Waals surface area contributed by atoms with E-state index >= 15 is 0 Å². The molecule has 0 aliphatic carbocycles. The Labute approximate surface area is 123 Å². The van der Waals surface area contributed by atoms with E-state index in [1.807, 2.05) is 0 Å². The van der Waals surface area contributed by atoms with Crippen LogP contribution in [0.3, 0.4) is 0 Å². The van der Waals surface area contributed by atoms with Crippen molar-refractivity contribution in [3.8, 4) is 0 Å². The highest BCUT2D eigenvalue weighted by molar-refractivity contribution is 6.01. The Morgan fingerprint density at radius 3 is 2.52 bits per heavy atom. The first-order valence-corrected chi connectivity index (χ1v) is 7.06. The van der Waals surface area contributed by atoms with Crippen molar-refractivity contribution >= 4 is 17.7 Å². The first-order chi connectivity index (χ1) is 9.83. The summed E-state index contributed by atoms with van der Waals surface area (Å²) in [5.74, 6) is -1.41. The first-order valence-electron chi connectivity index (χ1n) is 7.06. The monoisotopic (exact) mass is 292 g/mol. The molecule has 1 aliphatic rings. The van der Waals surface area contributed by atoms with Gasteiger partial charge in [0, 0.05) is 25.4 Å². The second kappa shape index (κ2) is 5.35. The predicted octanol–water partition coefficient (Wildman–Crippen LogP) is 1.70. The highest BCUT2D eigenvalue weighted by atomic mass is 16.4. The molecule has 1 unspecified atom stereocenters. The summed E-state index contributed by atoms with van der Waals surface area (Å²) in [5, 5.41) is 9.54. The number of ketones is 1. The van der Waals surface area contributed by atoms with Crippen molar-refractivity contribution in [1.82, 2.24) is 9.47 Å². The molecular formula is C15H20N2O4. The van der Waals surface area contributed by atoms with Gasteiger partial charge in [-0.1, -0.05) is 6.92 Å². The Morgan fingerprint density at radius 1 is 1.38 bits per heavy atom. The van der Waals surface area contributed by atoms with Gasteiger partial charge in [0.1, 0.15) is 11.2 Å². The molecule has 6 nitrogen and oxygen atoms in total. The van der Waals surface area contributed by atoms with Crippen molar-refractivity contribution < 1.29 is 19.5 Å². The molecule has 1 aromatic rings. The Balaban J connectivity index is 2.39. The molecule has 2 heterocycles. The van der Waals surface area contributed by atoms with Gasteiger partial charge in [-0.15, -0.1) is 0 Å². The summed E-state index contributed by atoms with van der Waals surface area (Å²) in [7, 11) is 1.68. The molecule has 0 aromatic carbocycles. The van der Waals surface area contributed by atoms with Gasteiger partial charge >= 0.3 is 5.97 Å². The van der Waals surface area contributed by atoms with Crippen LogP contribution in [0.4, 0.5) is 0 Å². The number of carbonyl (C=O) groups excluding carboxylic acids is 2. The van der Waals surface area contributed by atoms with Crippen LogP contribution < -0.4 is 0 Å². The maximum Gasteiger partial charge on any atom is 0.329 e. The number of aliphatic carboxylic acids is 1. The van der Waals surface area contributed by atoms with E-state index in [0.717, 1.165) is 0 Å². The zero-order valence-corrected chi connectivity index (χ0v) is 12.5. The van der Waals surface area contributed by atoms with E-state index in [1.54, 1.807) is 24.7 Å². The topological polar surface area (TPSA) is 79.6 Å². The molecule has 0 radical (unpaired) electrons. The zero-order chi connectivity index (χ0) is 15.8. The van der Waals surface area contributed by atoms with Crippen LogP contribution in [0.1, 0.15) is 54.0 Å². The molecule has 114 valence electrons. The minimum Gasteiger partial charge on any atom is -0.479 e. The van der Waals surface area contributed by atoms with Gasteiger partial charge < -0.3 is 14.6 Å². The Hall–Kier alpha value is -2.11. The Kier molecular flexibility index (Phi) is 3.89. The average molecular weight is 292 g/mol. The zero-order valence-electron chi connectivity index (χ0n) is 12.5. The summed E-state index contributed by atoms with van der Waals surface area (Å²) in [6.45, 7) is 3.65. The maximum absolute atomic E-state index is 12.7. The van der Waals surface area contributed by atoms with Crippen molar-refractivity contribution in [2.24, 2.45) is 7.05 Å². The third-order valence-electron chi connectivity index (χ3n) is 4.35. The number of carbonyl (C=O) groups is 3. The number of likely N-dealkylation sites (tertiary alicyclic amines) is 1. The number of Topliss-reactive ketones (excluding diaryl/α,β-unsaturated/α-hetero) is 1. The quantitative estimate of drug-likeness (QED) is 0.857. The van der Waals surface area contributed by atoms with Crippen LogP contribution in [0.5, 0.6) is 0 Å². The van der Waals surface area contributed by atoms with Crippen LogP contribution in [0.2, 0.25) is 0 Å². The summed E-state index contributed by atoms with van der Waals surface area (Å²) < 4.78 is 1.58. The SMILES string of the molecule is CCC1(C(=O)O)CCCN1C(=O)c1cc(C(C)=O)cn1C. The molecule has 1 saturated heterocycles. The lowest BCUT2D eigenvalue weighted by Gasteiger charge is -2.33. The number of aryl methyl sites for hydroxylation is 1. The summed E-state index contributed by atoms with van der Waals surface area (Å²) in [4.78, 5) is 37.2. The minimum absolute atomic E-state index is 0.119. The molecule has 0 spiro atoms. The number of hydrogen-bond donors (Lipinski definition) is 1. The molecule has 1 aromatic heterocycles. The van der Waals surface area contributed by atoms with Crippen LogP contribution in [-0.4, -0.2) is 44.3 Å². The molecule has 21 heavy (non-hydrogen) atoms. The van der Waals surface area contributed by atoms with Crippen molar-refractivity contribution in [2.75, 3.05) is 6.54 Å². The highest BCUT2D eigenvalue weighted by Gasteiger charge is 2.49. The lowest BCUT2D eigenvalue weighted by Crippen LogP contribution is -2.53. The van der Waals surface area contributed by atoms with Gasteiger partial charge in [0.05, 0.1) is 0 Å². The number of carboxylic acids is 1. The molecular weight excluding hydrogens is 272 g/mol. The minimum atomic E-state index is -1.13. The average Bonchev–Trinajstić information content (AvgIpc) is 3.02. The number of carboxylic acid groups (broad SMARTS) is 1. The second-order valence-electron chi connectivity index (χ2n) is 5.53. The van der Waals surface area contributed by atoms with E-state index in [2.05, 4.69) is 0 Å². The lowest BCUT2D eigenvalue weighted by atomic mass is 9.93. The molecule has 1 atom stereocenters. The predicted molar refractivity (Wildman–Crippen MR) is 76.3 cm³/mol. The van der Waals surface area contributed by atoms with Crippen molar-refractivity contribution in [3.63, 3.8) is 0 Å². The van der Waals surface area contributed by atoms with Gasteiger partial charge in [-0.2, -0.15) is 0 Å². The number of nitrogens with zero attached hydrogens (tertiary/aromatic N) is 2. The number of hydrogen-bond acceptors (Lipinski definition) is 3. The molecule has 1 fully saturated rings. The van der Waals surface area contributed by atoms with Crippen LogP contribution in [0, 0.1) is 0 Å². The van der Waals surface area contributed by atoms with Gasteiger partial charge in [0.2, 0.25) is 0 Å². The molecule has 0 saturated carbocycles. The van der Waals surface area contributed by atoms with Crippen molar-refractivity contribution in [3.05, 3.63) is 23.5 Å². The van der Waals surface area contributed by atoms with E-state index in [-0.39, 0.29) is 11.7 Å². The number of rotatable bonds is 4. The second-order valence-corrected chi connectivity index (χ2v) is 5.53. The molecule has 1 aliphatic heterocycles.